The van der Waals surface area contributed by atoms with Crippen molar-refractivity contribution in [2.24, 2.45) is 7.05 Å². The van der Waals surface area contributed by atoms with E-state index in [-0.39, 0.29) is 0 Å². The van der Waals surface area contributed by atoms with Crippen LogP contribution in [0.2, 0.25) is 5.15 Å². The molecule has 2 heterocycles. The number of nitrogens with zero attached hydrogens (tertiary/aromatic N) is 4. The van der Waals surface area contributed by atoms with E-state index in [9.17, 15) is 0 Å². The number of piperidine rings is 1. The molecule has 0 spiro atoms. The standard InChI is InChI=1S/C17H31ClN4O/c1-5-16-15(17(18)21(3)19-16)13-22(9-6-12-23-4)14-7-10-20(2)11-8-14/h14H,5-13H2,1-4H3. The highest BCUT2D eigenvalue weighted by molar-refractivity contribution is 6.30. The van der Waals surface area contributed by atoms with E-state index in [4.69, 9.17) is 16.3 Å². The van der Waals surface area contributed by atoms with Crippen LogP contribution in [0, 0.1) is 0 Å². The second kappa shape index (κ2) is 9.02. The highest BCUT2D eigenvalue weighted by atomic mass is 35.5. The molecule has 0 atom stereocenters. The summed E-state index contributed by atoms with van der Waals surface area (Å²) in [4.78, 5) is 5.01. The molecule has 1 aromatic rings. The number of ether oxygens (including phenoxy) is 1. The first-order valence-corrected chi connectivity index (χ1v) is 9.06. The molecule has 6 heteroatoms. The van der Waals surface area contributed by atoms with Crippen molar-refractivity contribution in [3.63, 3.8) is 0 Å². The van der Waals surface area contributed by atoms with Gasteiger partial charge in [0.05, 0.1) is 5.69 Å². The molecule has 0 bridgehead atoms. The van der Waals surface area contributed by atoms with Gasteiger partial charge in [-0.1, -0.05) is 18.5 Å². The van der Waals surface area contributed by atoms with E-state index >= 15 is 0 Å². The van der Waals surface area contributed by atoms with E-state index in [2.05, 4.69) is 28.9 Å². The van der Waals surface area contributed by atoms with Crippen molar-refractivity contribution in [2.45, 2.75) is 45.2 Å². The molecule has 1 aliphatic rings. The summed E-state index contributed by atoms with van der Waals surface area (Å²) in [5, 5.41) is 5.34. The first-order chi connectivity index (χ1) is 11.1. The van der Waals surface area contributed by atoms with E-state index in [0.29, 0.717) is 6.04 Å². The molecule has 23 heavy (non-hydrogen) atoms. The molecule has 1 aromatic heterocycles. The zero-order valence-electron chi connectivity index (χ0n) is 15.0. The summed E-state index contributed by atoms with van der Waals surface area (Å²) in [5.74, 6) is 0. The van der Waals surface area contributed by atoms with Crippen molar-refractivity contribution in [1.29, 1.82) is 0 Å². The van der Waals surface area contributed by atoms with Gasteiger partial charge in [0.25, 0.3) is 0 Å². The first kappa shape index (κ1) is 18.7. The van der Waals surface area contributed by atoms with Crippen molar-refractivity contribution in [3.05, 3.63) is 16.4 Å². The molecule has 5 nitrogen and oxygen atoms in total. The number of aromatic nitrogens is 2. The average Bonchev–Trinajstić information content (AvgIpc) is 2.82. The number of hydrogen-bond acceptors (Lipinski definition) is 4. The third-order valence-corrected chi connectivity index (χ3v) is 5.32. The van der Waals surface area contributed by atoms with Gasteiger partial charge in [0.2, 0.25) is 0 Å². The minimum Gasteiger partial charge on any atom is -0.385 e. The van der Waals surface area contributed by atoms with Crippen molar-refractivity contribution >= 4 is 11.6 Å². The van der Waals surface area contributed by atoms with Crippen molar-refractivity contribution in [1.82, 2.24) is 19.6 Å². The zero-order valence-corrected chi connectivity index (χ0v) is 15.8. The molecule has 0 N–H and O–H groups in total. The monoisotopic (exact) mass is 342 g/mol. The predicted molar refractivity (Wildman–Crippen MR) is 95.0 cm³/mol. The number of aryl methyl sites for hydroxylation is 2. The summed E-state index contributed by atoms with van der Waals surface area (Å²) in [5.41, 5.74) is 2.33. The fraction of sp³-hybridized carbons (Fsp3) is 0.824. The van der Waals surface area contributed by atoms with Gasteiger partial charge in [-0.25, -0.2) is 0 Å². The van der Waals surface area contributed by atoms with Crippen LogP contribution in [-0.2, 0) is 24.8 Å². The van der Waals surface area contributed by atoms with E-state index in [1.54, 1.807) is 11.8 Å². The Labute approximate surface area is 145 Å². The lowest BCUT2D eigenvalue weighted by atomic mass is 10.0. The highest BCUT2D eigenvalue weighted by Gasteiger charge is 2.25. The van der Waals surface area contributed by atoms with Gasteiger partial charge in [0.15, 0.2) is 0 Å². The van der Waals surface area contributed by atoms with Crippen LogP contribution in [0.4, 0.5) is 0 Å². The molecular weight excluding hydrogens is 312 g/mol. The van der Waals surface area contributed by atoms with Crippen LogP contribution in [0.3, 0.4) is 0 Å². The smallest absolute Gasteiger partial charge is 0.131 e. The SMILES string of the molecule is CCc1nn(C)c(Cl)c1CN(CCCOC)C1CCN(C)CC1. The minimum absolute atomic E-state index is 0.629. The Balaban J connectivity index is 2.10. The van der Waals surface area contributed by atoms with Gasteiger partial charge < -0.3 is 9.64 Å². The molecule has 0 saturated carbocycles. The van der Waals surface area contributed by atoms with Crippen LogP contribution in [0.15, 0.2) is 0 Å². The Morgan fingerprint density at radius 2 is 2.00 bits per heavy atom. The van der Waals surface area contributed by atoms with Gasteiger partial charge in [-0.2, -0.15) is 5.10 Å². The van der Waals surface area contributed by atoms with Gasteiger partial charge in [-0.05, 0) is 45.8 Å². The maximum absolute atomic E-state index is 6.50. The number of rotatable bonds is 8. The minimum atomic E-state index is 0.629. The van der Waals surface area contributed by atoms with Crippen LogP contribution >= 0.6 is 11.6 Å². The molecule has 1 saturated heterocycles. The van der Waals surface area contributed by atoms with Gasteiger partial charge in [0.1, 0.15) is 5.15 Å². The Morgan fingerprint density at radius 3 is 2.61 bits per heavy atom. The number of hydrogen-bond donors (Lipinski definition) is 0. The molecule has 132 valence electrons. The summed E-state index contributed by atoms with van der Waals surface area (Å²) in [7, 11) is 5.90. The number of likely N-dealkylation sites (tertiary alicyclic amines) is 1. The first-order valence-electron chi connectivity index (χ1n) is 8.68. The van der Waals surface area contributed by atoms with E-state index in [0.717, 1.165) is 43.4 Å². The predicted octanol–water partition coefficient (Wildman–Crippen LogP) is 2.57. The summed E-state index contributed by atoms with van der Waals surface area (Å²) < 4.78 is 7.05. The third-order valence-electron chi connectivity index (χ3n) is 4.85. The molecule has 0 amide bonds. The fourth-order valence-corrected chi connectivity index (χ4v) is 3.61. The highest BCUT2D eigenvalue weighted by Crippen LogP contribution is 2.25. The van der Waals surface area contributed by atoms with E-state index in [1.807, 2.05) is 7.05 Å². The normalized spacial score (nSPS) is 17.3. The molecule has 2 rings (SSSR count). The largest absolute Gasteiger partial charge is 0.385 e. The molecule has 1 aliphatic heterocycles. The summed E-state index contributed by atoms with van der Waals surface area (Å²) in [6.07, 6.45) is 4.43. The average molecular weight is 343 g/mol. The Morgan fingerprint density at radius 1 is 1.30 bits per heavy atom. The molecule has 0 radical (unpaired) electrons. The van der Waals surface area contributed by atoms with Crippen LogP contribution in [0.1, 0.15) is 37.4 Å². The molecule has 0 unspecified atom stereocenters. The lowest BCUT2D eigenvalue weighted by Crippen LogP contribution is -2.44. The zero-order chi connectivity index (χ0) is 16.8. The van der Waals surface area contributed by atoms with Gasteiger partial charge in [-0.15, -0.1) is 0 Å². The topological polar surface area (TPSA) is 33.5 Å². The molecular formula is C17H31ClN4O. The Bertz CT molecular complexity index is 483. The molecule has 0 aliphatic carbocycles. The van der Waals surface area contributed by atoms with Gasteiger partial charge >= 0.3 is 0 Å². The quantitative estimate of drug-likeness (QED) is 0.680. The van der Waals surface area contributed by atoms with Crippen LogP contribution < -0.4 is 0 Å². The van der Waals surface area contributed by atoms with E-state index < -0.39 is 0 Å². The van der Waals surface area contributed by atoms with Crippen molar-refractivity contribution < 1.29 is 4.74 Å². The van der Waals surface area contributed by atoms with Crippen molar-refractivity contribution in [2.75, 3.05) is 40.4 Å². The Kier molecular flexibility index (Phi) is 7.34. The lowest BCUT2D eigenvalue weighted by molar-refractivity contribution is 0.0998. The fourth-order valence-electron chi connectivity index (χ4n) is 3.41. The number of methoxy groups -OCH3 is 1. The maximum atomic E-state index is 6.50. The number of halogens is 1. The summed E-state index contributed by atoms with van der Waals surface area (Å²) >= 11 is 6.50. The van der Waals surface area contributed by atoms with E-state index in [1.165, 1.54) is 31.5 Å². The third kappa shape index (κ3) is 4.92. The second-order valence-corrected chi connectivity index (χ2v) is 6.90. The molecule has 1 fully saturated rings. The molecule has 0 aromatic carbocycles. The Hall–Kier alpha value is -0.620. The van der Waals surface area contributed by atoms with Crippen molar-refractivity contribution in [3.8, 4) is 0 Å². The summed E-state index contributed by atoms with van der Waals surface area (Å²) in [6, 6.07) is 0.629. The lowest BCUT2D eigenvalue weighted by Gasteiger charge is -2.37. The second-order valence-electron chi connectivity index (χ2n) is 6.54. The van der Waals surface area contributed by atoms with Crippen LogP contribution in [0.5, 0.6) is 0 Å². The van der Waals surface area contributed by atoms with Gasteiger partial charge in [0, 0.05) is 45.5 Å². The van der Waals surface area contributed by atoms with Crippen LogP contribution in [-0.4, -0.2) is 66.0 Å². The maximum Gasteiger partial charge on any atom is 0.131 e. The van der Waals surface area contributed by atoms with Gasteiger partial charge in [-0.3, -0.25) is 9.58 Å². The summed E-state index contributed by atoms with van der Waals surface area (Å²) in [6.45, 7) is 7.25. The van der Waals surface area contributed by atoms with Crippen LogP contribution in [0.25, 0.3) is 0 Å².